The lowest BCUT2D eigenvalue weighted by molar-refractivity contribution is -0.140. The van der Waals surface area contributed by atoms with Crippen LogP contribution < -0.4 is 0 Å². The van der Waals surface area contributed by atoms with Crippen LogP contribution in [-0.2, 0) is 4.79 Å². The second kappa shape index (κ2) is 6.23. The Morgan fingerprint density at radius 3 is 2.08 bits per heavy atom. The minimum absolute atomic E-state index is 0.778. The van der Waals surface area contributed by atoms with E-state index in [1.54, 1.807) is 18.5 Å². The van der Waals surface area contributed by atoms with Crippen molar-refractivity contribution in [2.75, 3.05) is 6.61 Å². The number of rotatable bonds is 1. The van der Waals surface area contributed by atoms with E-state index in [4.69, 9.17) is 15.0 Å². The van der Waals surface area contributed by atoms with Gasteiger partial charge in [-0.2, -0.15) is 0 Å². The molecule has 66 valence electrons. The molecular weight excluding hydrogens is 160 g/mol. The molecule has 0 amide bonds. The lowest BCUT2D eigenvalue weighted by atomic mass is 10.6. The predicted octanol–water partition coefficient (Wildman–Crippen LogP) is -0.152. The number of aliphatic hydroxyl groups is 1. The minimum Gasteiger partial charge on any atom is -0.480 e. The number of aryl methyl sites for hydroxylation is 1. The van der Waals surface area contributed by atoms with Gasteiger partial charge in [0.15, 0.2) is 0 Å². The largest absolute Gasteiger partial charge is 0.480 e. The van der Waals surface area contributed by atoms with Crippen LogP contribution in [0.15, 0.2) is 18.5 Å². The lowest BCUT2D eigenvalue weighted by Crippen LogP contribution is -1.98. The van der Waals surface area contributed by atoms with Gasteiger partial charge in [0.25, 0.3) is 0 Å². The fourth-order valence-corrected chi connectivity index (χ4v) is 0.374. The molecule has 5 heteroatoms. The Morgan fingerprint density at radius 1 is 1.50 bits per heavy atom. The van der Waals surface area contributed by atoms with Gasteiger partial charge < -0.3 is 10.2 Å². The normalized spacial score (nSPS) is 8.17. The Morgan fingerprint density at radius 2 is 1.92 bits per heavy atom. The van der Waals surface area contributed by atoms with E-state index in [9.17, 15) is 0 Å². The van der Waals surface area contributed by atoms with Crippen LogP contribution in [0.1, 0.15) is 5.82 Å². The van der Waals surface area contributed by atoms with E-state index in [2.05, 4.69) is 9.97 Å². The average molecular weight is 170 g/mol. The van der Waals surface area contributed by atoms with Crippen molar-refractivity contribution in [2.45, 2.75) is 6.92 Å². The van der Waals surface area contributed by atoms with Crippen molar-refractivity contribution in [3.63, 3.8) is 0 Å². The highest BCUT2D eigenvalue weighted by Gasteiger charge is 1.82. The minimum atomic E-state index is -1.19. The second-order valence-electron chi connectivity index (χ2n) is 1.85. The highest BCUT2D eigenvalue weighted by molar-refractivity contribution is 5.67. The van der Waals surface area contributed by atoms with E-state index in [0.717, 1.165) is 5.82 Å². The lowest BCUT2D eigenvalue weighted by Gasteiger charge is -1.81. The summed E-state index contributed by atoms with van der Waals surface area (Å²) < 4.78 is 0. The third-order valence-corrected chi connectivity index (χ3v) is 0.830. The maximum atomic E-state index is 9.12. The van der Waals surface area contributed by atoms with Crippen LogP contribution in [0.2, 0.25) is 0 Å². The smallest absolute Gasteiger partial charge is 0.329 e. The first-order chi connectivity index (χ1) is 5.66. The number of hydrogen-bond donors (Lipinski definition) is 2. The molecule has 0 spiro atoms. The fourth-order valence-electron chi connectivity index (χ4n) is 0.374. The first-order valence-corrected chi connectivity index (χ1v) is 3.23. The monoisotopic (exact) mass is 170 g/mol. The zero-order chi connectivity index (χ0) is 9.40. The molecule has 0 saturated heterocycles. The van der Waals surface area contributed by atoms with Gasteiger partial charge in [0, 0.05) is 12.4 Å². The summed E-state index contributed by atoms with van der Waals surface area (Å²) in [5, 5.41) is 15.0. The van der Waals surface area contributed by atoms with Crippen molar-refractivity contribution in [2.24, 2.45) is 0 Å². The van der Waals surface area contributed by atoms with Crippen LogP contribution in [0.5, 0.6) is 0 Å². The molecule has 0 aliphatic rings. The van der Waals surface area contributed by atoms with Gasteiger partial charge in [0.05, 0.1) is 0 Å². The van der Waals surface area contributed by atoms with Gasteiger partial charge in [-0.15, -0.1) is 0 Å². The van der Waals surface area contributed by atoms with Gasteiger partial charge in [0.2, 0.25) is 0 Å². The number of aliphatic carboxylic acids is 1. The number of carbonyl (C=O) groups is 1. The maximum Gasteiger partial charge on any atom is 0.329 e. The first-order valence-electron chi connectivity index (χ1n) is 3.23. The molecule has 0 aliphatic carbocycles. The van der Waals surface area contributed by atoms with Gasteiger partial charge >= 0.3 is 5.97 Å². The molecule has 0 bridgehead atoms. The van der Waals surface area contributed by atoms with E-state index >= 15 is 0 Å². The molecule has 0 aliphatic heterocycles. The molecule has 12 heavy (non-hydrogen) atoms. The SMILES string of the molecule is Cc1ncccn1.O=C(O)CO. The molecular formula is C7H10N2O3. The van der Waals surface area contributed by atoms with E-state index in [1.807, 2.05) is 6.92 Å². The van der Waals surface area contributed by atoms with Crippen molar-refractivity contribution in [3.8, 4) is 0 Å². The number of hydrogen-bond acceptors (Lipinski definition) is 4. The quantitative estimate of drug-likeness (QED) is 0.612. The molecule has 0 fully saturated rings. The molecule has 0 atom stereocenters. The molecule has 1 aromatic heterocycles. The Bertz CT molecular complexity index is 225. The van der Waals surface area contributed by atoms with Crippen molar-refractivity contribution in [3.05, 3.63) is 24.3 Å². The first kappa shape index (κ1) is 10.5. The number of carboxylic acids is 1. The third-order valence-electron chi connectivity index (χ3n) is 0.830. The van der Waals surface area contributed by atoms with Crippen molar-refractivity contribution >= 4 is 5.97 Å². The zero-order valence-electron chi connectivity index (χ0n) is 6.64. The van der Waals surface area contributed by atoms with E-state index < -0.39 is 12.6 Å². The standard InChI is InChI=1S/C5H6N2.C2H4O3/c1-5-6-3-2-4-7-5;3-1-2(4)5/h2-4H,1H3;3H,1H2,(H,4,5). The highest BCUT2D eigenvalue weighted by Crippen LogP contribution is 1.78. The summed E-state index contributed by atoms with van der Waals surface area (Å²) in [5.74, 6) is -0.368. The summed E-state index contributed by atoms with van der Waals surface area (Å²) in [5.41, 5.74) is 0. The Hall–Kier alpha value is -1.49. The summed E-state index contributed by atoms with van der Waals surface area (Å²) in [6, 6.07) is 1.80. The van der Waals surface area contributed by atoms with E-state index in [1.165, 1.54) is 0 Å². The summed E-state index contributed by atoms with van der Waals surface area (Å²) >= 11 is 0. The Labute approximate surface area is 69.7 Å². The molecule has 0 aromatic carbocycles. The van der Waals surface area contributed by atoms with Gasteiger partial charge in [0.1, 0.15) is 12.4 Å². The van der Waals surface area contributed by atoms with Gasteiger partial charge in [-0.25, -0.2) is 14.8 Å². The van der Waals surface area contributed by atoms with Crippen molar-refractivity contribution < 1.29 is 15.0 Å². The number of aromatic nitrogens is 2. The van der Waals surface area contributed by atoms with Crippen molar-refractivity contribution in [1.29, 1.82) is 0 Å². The van der Waals surface area contributed by atoms with Crippen molar-refractivity contribution in [1.82, 2.24) is 9.97 Å². The second-order valence-corrected chi connectivity index (χ2v) is 1.85. The number of nitrogens with zero attached hydrogens (tertiary/aromatic N) is 2. The molecule has 1 rings (SSSR count). The summed E-state index contributed by atoms with van der Waals surface area (Å²) in [4.78, 5) is 16.9. The van der Waals surface area contributed by atoms with Crippen LogP contribution >= 0.6 is 0 Å². The predicted molar refractivity (Wildman–Crippen MR) is 41.5 cm³/mol. The van der Waals surface area contributed by atoms with Crippen LogP contribution in [0, 0.1) is 6.92 Å². The van der Waals surface area contributed by atoms with Crippen LogP contribution in [0.25, 0.3) is 0 Å². The maximum absolute atomic E-state index is 9.12. The average Bonchev–Trinajstić information content (AvgIpc) is 2.07. The molecule has 5 nitrogen and oxygen atoms in total. The number of carboxylic acid groups (broad SMARTS) is 1. The molecule has 1 heterocycles. The van der Waals surface area contributed by atoms with Crippen LogP contribution in [0.3, 0.4) is 0 Å². The van der Waals surface area contributed by atoms with E-state index in [0.29, 0.717) is 0 Å². The summed E-state index contributed by atoms with van der Waals surface area (Å²) in [6.45, 7) is 1.08. The van der Waals surface area contributed by atoms with Gasteiger partial charge in [-0.1, -0.05) is 0 Å². The summed E-state index contributed by atoms with van der Waals surface area (Å²) in [7, 11) is 0. The Kier molecular flexibility index (Phi) is 5.46. The van der Waals surface area contributed by atoms with Crippen LogP contribution in [0.4, 0.5) is 0 Å². The fraction of sp³-hybridized carbons (Fsp3) is 0.286. The number of aliphatic hydroxyl groups excluding tert-OH is 1. The van der Waals surface area contributed by atoms with E-state index in [-0.39, 0.29) is 0 Å². The third kappa shape index (κ3) is 6.63. The van der Waals surface area contributed by atoms with Gasteiger partial charge in [-0.3, -0.25) is 0 Å². The molecule has 0 radical (unpaired) electrons. The molecule has 0 unspecified atom stereocenters. The summed E-state index contributed by atoms with van der Waals surface area (Å²) in [6.07, 6.45) is 3.45. The van der Waals surface area contributed by atoms with Crippen LogP contribution in [-0.4, -0.2) is 32.8 Å². The molecule has 0 saturated carbocycles. The van der Waals surface area contributed by atoms with Gasteiger partial charge in [-0.05, 0) is 13.0 Å². The highest BCUT2D eigenvalue weighted by atomic mass is 16.4. The topological polar surface area (TPSA) is 83.3 Å². The zero-order valence-corrected chi connectivity index (χ0v) is 6.64. The molecule has 1 aromatic rings. The molecule has 2 N–H and O–H groups in total. The Balaban J connectivity index is 0.000000217.